The van der Waals surface area contributed by atoms with Gasteiger partial charge in [-0.15, -0.1) is 0 Å². The van der Waals surface area contributed by atoms with E-state index in [9.17, 15) is 32.6 Å². The molecule has 2 aromatic rings. The Kier molecular flexibility index (Phi) is 6.30. The van der Waals surface area contributed by atoms with E-state index in [0.717, 1.165) is 7.11 Å². The fourth-order valence-electron chi connectivity index (χ4n) is 2.07. The van der Waals surface area contributed by atoms with Crippen LogP contribution in [0.1, 0.15) is 17.4 Å². The molecular weight excluding hydrogens is 370 g/mol. The van der Waals surface area contributed by atoms with E-state index < -0.39 is 52.4 Å². The van der Waals surface area contributed by atoms with Crippen LogP contribution in [-0.4, -0.2) is 29.5 Å². The summed E-state index contributed by atoms with van der Waals surface area (Å²) in [5.74, 6) is -10.4. The fourth-order valence-corrected chi connectivity index (χ4v) is 2.07. The van der Waals surface area contributed by atoms with Gasteiger partial charge < -0.3 is 14.9 Å². The number of esters is 1. The molecule has 27 heavy (non-hydrogen) atoms. The molecule has 0 bridgehead atoms. The van der Waals surface area contributed by atoms with Gasteiger partial charge in [-0.2, -0.15) is 0 Å². The monoisotopic (exact) mass is 383 g/mol. The van der Waals surface area contributed by atoms with Gasteiger partial charge in [-0.25, -0.2) is 22.4 Å². The number of halogens is 4. The van der Waals surface area contributed by atoms with E-state index in [1.807, 2.05) is 0 Å². The summed E-state index contributed by atoms with van der Waals surface area (Å²) in [5, 5.41) is 20.1. The van der Waals surface area contributed by atoms with Gasteiger partial charge in [0.15, 0.2) is 29.5 Å². The van der Waals surface area contributed by atoms with Gasteiger partial charge in [0, 0.05) is 11.8 Å². The number of benzene rings is 2. The Balaban J connectivity index is 2.53. The Hall–Kier alpha value is -3.20. The minimum Gasteiger partial charge on any atom is -0.506 e. The molecule has 142 valence electrons. The Morgan fingerprint density at radius 3 is 2.33 bits per heavy atom. The number of hydrogen-bond donors (Lipinski definition) is 2. The van der Waals surface area contributed by atoms with Gasteiger partial charge in [0.1, 0.15) is 11.3 Å². The van der Waals surface area contributed by atoms with Crippen LogP contribution in [0.15, 0.2) is 47.0 Å². The highest BCUT2D eigenvalue weighted by Crippen LogP contribution is 2.25. The maximum atomic E-state index is 13.9. The summed E-state index contributed by atoms with van der Waals surface area (Å²) in [5.41, 5.74) is -1.59. The van der Waals surface area contributed by atoms with E-state index in [-0.39, 0.29) is 6.07 Å². The summed E-state index contributed by atoms with van der Waals surface area (Å²) in [6.07, 6.45) is -0.803. The number of carbonyl (C=O) groups excluding carboxylic acids is 1. The zero-order valence-electron chi connectivity index (χ0n) is 13.8. The summed E-state index contributed by atoms with van der Waals surface area (Å²) in [6, 6.07) is 8.13. The number of carbonyl (C=O) groups is 1. The molecule has 0 heterocycles. The van der Waals surface area contributed by atoms with Crippen LogP contribution in [0.2, 0.25) is 0 Å². The maximum absolute atomic E-state index is 13.9. The zero-order chi connectivity index (χ0) is 20.1. The molecule has 0 saturated heterocycles. The van der Waals surface area contributed by atoms with Gasteiger partial charge in [0.05, 0.1) is 12.7 Å². The number of aliphatic hydroxyl groups excluding tert-OH is 2. The van der Waals surface area contributed by atoms with Crippen molar-refractivity contribution in [2.45, 2.75) is 6.23 Å². The number of ether oxygens (including phenoxy) is 1. The summed E-state index contributed by atoms with van der Waals surface area (Å²) in [4.78, 5) is 15.5. The fraction of sp³-hybridized carbons (Fsp3) is 0.111. The molecule has 0 aromatic heterocycles. The van der Waals surface area contributed by atoms with Gasteiger partial charge in [0.25, 0.3) is 0 Å². The predicted molar refractivity (Wildman–Crippen MR) is 87.7 cm³/mol. The molecule has 0 aliphatic heterocycles. The average Bonchev–Trinajstić information content (AvgIpc) is 2.69. The first-order chi connectivity index (χ1) is 12.8. The van der Waals surface area contributed by atoms with Gasteiger partial charge >= 0.3 is 5.97 Å². The van der Waals surface area contributed by atoms with Crippen LogP contribution in [0.4, 0.5) is 17.6 Å². The van der Waals surface area contributed by atoms with E-state index in [0.29, 0.717) is 11.8 Å². The third-order valence-corrected chi connectivity index (χ3v) is 3.46. The molecule has 1 atom stereocenters. The lowest BCUT2D eigenvalue weighted by Gasteiger charge is -2.09. The van der Waals surface area contributed by atoms with Crippen LogP contribution in [0.5, 0.6) is 0 Å². The van der Waals surface area contributed by atoms with Crippen molar-refractivity contribution in [1.29, 1.82) is 0 Å². The van der Waals surface area contributed by atoms with E-state index in [2.05, 4.69) is 9.73 Å². The number of aliphatic imine (C=N–C) groups is 1. The molecule has 0 amide bonds. The lowest BCUT2D eigenvalue weighted by Crippen LogP contribution is -2.11. The van der Waals surface area contributed by atoms with Crippen molar-refractivity contribution >= 4 is 17.9 Å². The Labute approximate surface area is 150 Å². The molecule has 0 radical (unpaired) electrons. The largest absolute Gasteiger partial charge is 0.506 e. The SMILES string of the molecule is COC(=O)C(/C=N/C(O)c1ccccc1)=C(/O)c1cc(F)c(F)c(F)c1F. The first-order valence-electron chi connectivity index (χ1n) is 7.39. The molecule has 2 N–H and O–H groups in total. The third kappa shape index (κ3) is 4.32. The summed E-state index contributed by atoms with van der Waals surface area (Å²) in [7, 11) is 0.930. The molecule has 1 unspecified atom stereocenters. The van der Waals surface area contributed by atoms with E-state index in [4.69, 9.17) is 0 Å². The molecule has 2 rings (SSSR count). The predicted octanol–water partition coefficient (Wildman–Crippen LogP) is 3.45. The van der Waals surface area contributed by atoms with Gasteiger partial charge in [-0.1, -0.05) is 30.3 Å². The van der Waals surface area contributed by atoms with Crippen molar-refractivity contribution in [2.24, 2.45) is 4.99 Å². The quantitative estimate of drug-likeness (QED) is 0.158. The Bertz CT molecular complexity index is 913. The first kappa shape index (κ1) is 20.1. The minimum absolute atomic E-state index is 0.174. The van der Waals surface area contributed by atoms with Crippen LogP contribution in [0.3, 0.4) is 0 Å². The van der Waals surface area contributed by atoms with E-state index in [1.54, 1.807) is 18.2 Å². The second-order valence-electron chi connectivity index (χ2n) is 5.16. The Morgan fingerprint density at radius 2 is 1.74 bits per heavy atom. The van der Waals surface area contributed by atoms with Crippen LogP contribution >= 0.6 is 0 Å². The van der Waals surface area contributed by atoms with Gasteiger partial charge in [-0.3, -0.25) is 4.99 Å². The summed E-state index contributed by atoms with van der Waals surface area (Å²) < 4.78 is 58.1. The number of nitrogens with zero attached hydrogens (tertiary/aromatic N) is 1. The second kappa shape index (κ2) is 8.45. The lowest BCUT2D eigenvalue weighted by atomic mass is 10.1. The standard InChI is InChI=1S/C18H13F4NO4/c1-27-18(26)11(8-23-17(25)9-5-3-2-4-6-9)16(24)10-7-12(19)14(21)15(22)13(10)20/h2-8,17,24-25H,1H3/b16-11+,23-8+. The van der Waals surface area contributed by atoms with Crippen molar-refractivity contribution in [3.8, 4) is 0 Å². The molecule has 2 aromatic carbocycles. The maximum Gasteiger partial charge on any atom is 0.343 e. The first-order valence-corrected chi connectivity index (χ1v) is 7.39. The van der Waals surface area contributed by atoms with Gasteiger partial charge in [-0.05, 0) is 6.07 Å². The second-order valence-corrected chi connectivity index (χ2v) is 5.16. The van der Waals surface area contributed by atoms with Crippen molar-refractivity contribution in [3.63, 3.8) is 0 Å². The van der Waals surface area contributed by atoms with Crippen LogP contribution < -0.4 is 0 Å². The number of aliphatic hydroxyl groups is 2. The van der Waals surface area contributed by atoms with Gasteiger partial charge in [0.2, 0.25) is 0 Å². The highest BCUT2D eigenvalue weighted by Gasteiger charge is 2.25. The lowest BCUT2D eigenvalue weighted by molar-refractivity contribution is -0.135. The molecule has 0 saturated carbocycles. The van der Waals surface area contributed by atoms with Crippen molar-refractivity contribution in [3.05, 3.63) is 76.4 Å². The number of methoxy groups -OCH3 is 1. The number of rotatable bonds is 5. The molecular formula is C18H13F4NO4. The van der Waals surface area contributed by atoms with Crippen LogP contribution in [-0.2, 0) is 9.53 Å². The highest BCUT2D eigenvalue weighted by atomic mass is 19.2. The molecule has 0 aliphatic carbocycles. The van der Waals surface area contributed by atoms with Crippen LogP contribution in [0.25, 0.3) is 5.76 Å². The van der Waals surface area contributed by atoms with Crippen molar-refractivity contribution in [1.82, 2.24) is 0 Å². The minimum atomic E-state index is -2.16. The summed E-state index contributed by atoms with van der Waals surface area (Å²) in [6.45, 7) is 0. The molecule has 0 spiro atoms. The van der Waals surface area contributed by atoms with Crippen LogP contribution in [0, 0.1) is 23.3 Å². The molecule has 5 nitrogen and oxygen atoms in total. The van der Waals surface area contributed by atoms with Crippen molar-refractivity contribution < 1.29 is 37.3 Å². The normalized spacial score (nSPS) is 13.4. The molecule has 9 heteroatoms. The van der Waals surface area contributed by atoms with E-state index >= 15 is 0 Å². The average molecular weight is 383 g/mol. The highest BCUT2D eigenvalue weighted by molar-refractivity contribution is 6.15. The third-order valence-electron chi connectivity index (χ3n) is 3.46. The Morgan fingerprint density at radius 1 is 1.11 bits per heavy atom. The van der Waals surface area contributed by atoms with Crippen molar-refractivity contribution in [2.75, 3.05) is 7.11 Å². The topological polar surface area (TPSA) is 79.1 Å². The molecule has 0 fully saturated rings. The smallest absolute Gasteiger partial charge is 0.343 e. The number of hydrogen-bond acceptors (Lipinski definition) is 5. The zero-order valence-corrected chi connectivity index (χ0v) is 13.8. The summed E-state index contributed by atoms with van der Waals surface area (Å²) >= 11 is 0. The van der Waals surface area contributed by atoms with E-state index in [1.165, 1.54) is 12.1 Å². The molecule has 0 aliphatic rings.